The van der Waals surface area contributed by atoms with E-state index in [9.17, 15) is 0 Å². The predicted octanol–water partition coefficient (Wildman–Crippen LogP) is 2.70. The lowest BCUT2D eigenvalue weighted by molar-refractivity contribution is 0.292. The van der Waals surface area contributed by atoms with Crippen molar-refractivity contribution in [3.8, 4) is 5.88 Å². The molecule has 3 rings (SSSR count). The second-order valence-corrected chi connectivity index (χ2v) is 5.08. The molecule has 0 radical (unpaired) electrons. The molecule has 1 aromatic carbocycles. The topological polar surface area (TPSA) is 50.3 Å². The molecule has 0 saturated carbocycles. The Labute approximate surface area is 149 Å². The van der Waals surface area contributed by atoms with Crippen LogP contribution < -0.4 is 15.0 Å². The number of nitrogens with zero attached hydrogens (tertiary/aromatic N) is 3. The van der Waals surface area contributed by atoms with Gasteiger partial charge in [0.1, 0.15) is 6.61 Å². The fraction of sp³-hybridized carbons (Fsp3) is 0.375. The average molecular weight is 357 g/mol. The lowest BCUT2D eigenvalue weighted by Gasteiger charge is -2.20. The Morgan fingerprint density at radius 1 is 1.04 bits per heavy atom. The van der Waals surface area contributed by atoms with Crippen LogP contribution in [0.15, 0.2) is 42.7 Å². The molecule has 0 spiro atoms. The first-order valence-electron chi connectivity index (χ1n) is 7.36. The summed E-state index contributed by atoms with van der Waals surface area (Å²) >= 11 is 0. The molecule has 0 bridgehead atoms. The highest BCUT2D eigenvalue weighted by Gasteiger charge is 2.11. The van der Waals surface area contributed by atoms with Crippen molar-refractivity contribution in [1.82, 2.24) is 15.3 Å². The summed E-state index contributed by atoms with van der Waals surface area (Å²) in [5.74, 6) is 1.47. The van der Waals surface area contributed by atoms with Gasteiger partial charge in [-0.25, -0.2) is 0 Å². The molecule has 2 heterocycles. The Hall–Kier alpha value is -1.56. The smallest absolute Gasteiger partial charge is 0.234 e. The fourth-order valence-electron chi connectivity index (χ4n) is 2.37. The summed E-state index contributed by atoms with van der Waals surface area (Å²) in [7, 11) is 0. The fourth-order valence-corrected chi connectivity index (χ4v) is 2.37. The Bertz CT molecular complexity index is 563. The van der Waals surface area contributed by atoms with Crippen LogP contribution in [0.5, 0.6) is 5.88 Å². The number of benzene rings is 1. The number of rotatable bonds is 4. The lowest BCUT2D eigenvalue weighted by atomic mass is 10.2. The van der Waals surface area contributed by atoms with Gasteiger partial charge >= 0.3 is 0 Å². The number of aromatic nitrogens is 2. The number of hydrogen-bond acceptors (Lipinski definition) is 5. The summed E-state index contributed by atoms with van der Waals surface area (Å²) in [6.45, 7) is 4.52. The van der Waals surface area contributed by atoms with Gasteiger partial charge in [-0.3, -0.25) is 4.98 Å². The first-order chi connectivity index (χ1) is 10.4. The molecule has 0 atom stereocenters. The van der Waals surface area contributed by atoms with E-state index >= 15 is 0 Å². The van der Waals surface area contributed by atoms with E-state index in [4.69, 9.17) is 4.74 Å². The molecule has 1 saturated heterocycles. The summed E-state index contributed by atoms with van der Waals surface area (Å²) in [4.78, 5) is 11.1. The van der Waals surface area contributed by atoms with Gasteiger partial charge < -0.3 is 15.0 Å². The summed E-state index contributed by atoms with van der Waals surface area (Å²) in [5.41, 5.74) is 1.13. The van der Waals surface area contributed by atoms with E-state index < -0.39 is 0 Å². The summed E-state index contributed by atoms with van der Waals surface area (Å²) < 4.78 is 5.74. The monoisotopic (exact) mass is 356 g/mol. The quantitative estimate of drug-likeness (QED) is 0.912. The highest BCUT2D eigenvalue weighted by molar-refractivity contribution is 5.85. The van der Waals surface area contributed by atoms with Gasteiger partial charge in [-0.1, -0.05) is 30.3 Å². The van der Waals surface area contributed by atoms with Crippen molar-refractivity contribution in [2.24, 2.45) is 0 Å². The van der Waals surface area contributed by atoms with Crippen LogP contribution in [0.1, 0.15) is 12.0 Å². The van der Waals surface area contributed by atoms with Gasteiger partial charge in [-0.15, -0.1) is 24.8 Å². The standard InChI is InChI=1S/C16H20N4O.2ClH/c1-2-5-14(6-3-1)13-21-16-12-18-11-15(19-16)20-9-4-7-17-8-10-20;;/h1-3,5-6,11-12,17H,4,7-10,13H2;2*1H. The molecule has 0 unspecified atom stereocenters. The molecule has 1 aliphatic heterocycles. The first kappa shape index (κ1) is 19.5. The van der Waals surface area contributed by atoms with Gasteiger partial charge in [0, 0.05) is 19.6 Å². The molecule has 0 aliphatic carbocycles. The summed E-state index contributed by atoms with van der Waals surface area (Å²) in [6.07, 6.45) is 4.60. The Kier molecular flexibility index (Phi) is 8.69. The molecule has 5 nitrogen and oxygen atoms in total. The number of halogens is 2. The molecular weight excluding hydrogens is 335 g/mol. The van der Waals surface area contributed by atoms with Crippen molar-refractivity contribution in [2.75, 3.05) is 31.1 Å². The molecule has 0 amide bonds. The first-order valence-corrected chi connectivity index (χ1v) is 7.36. The minimum Gasteiger partial charge on any atom is -0.472 e. The Morgan fingerprint density at radius 3 is 2.70 bits per heavy atom. The highest BCUT2D eigenvalue weighted by atomic mass is 35.5. The van der Waals surface area contributed by atoms with Crippen molar-refractivity contribution in [3.63, 3.8) is 0 Å². The summed E-state index contributed by atoms with van der Waals surface area (Å²) in [6, 6.07) is 10.1. The van der Waals surface area contributed by atoms with E-state index in [2.05, 4.69) is 20.2 Å². The van der Waals surface area contributed by atoms with Gasteiger partial charge in [-0.05, 0) is 18.5 Å². The van der Waals surface area contributed by atoms with Crippen LogP contribution >= 0.6 is 24.8 Å². The maximum Gasteiger partial charge on any atom is 0.234 e. The van der Waals surface area contributed by atoms with Crippen molar-refractivity contribution in [2.45, 2.75) is 13.0 Å². The van der Waals surface area contributed by atoms with Gasteiger partial charge in [0.15, 0.2) is 5.82 Å². The van der Waals surface area contributed by atoms with Crippen LogP contribution in [-0.2, 0) is 6.61 Å². The van der Waals surface area contributed by atoms with Crippen LogP contribution in [0, 0.1) is 0 Å². The van der Waals surface area contributed by atoms with Crippen LogP contribution in [-0.4, -0.2) is 36.1 Å². The van der Waals surface area contributed by atoms with E-state index in [0.717, 1.165) is 44.0 Å². The molecule has 2 aromatic rings. The Morgan fingerprint density at radius 2 is 1.87 bits per heavy atom. The molecule has 1 aromatic heterocycles. The maximum absolute atomic E-state index is 5.74. The van der Waals surface area contributed by atoms with E-state index in [0.29, 0.717) is 12.5 Å². The zero-order valence-corrected chi connectivity index (χ0v) is 14.5. The molecule has 1 aliphatic rings. The van der Waals surface area contributed by atoms with Crippen molar-refractivity contribution in [1.29, 1.82) is 0 Å². The number of ether oxygens (including phenoxy) is 1. The van der Waals surface area contributed by atoms with Crippen LogP contribution in [0.4, 0.5) is 5.82 Å². The average Bonchev–Trinajstić information content (AvgIpc) is 2.83. The largest absolute Gasteiger partial charge is 0.472 e. The zero-order valence-electron chi connectivity index (χ0n) is 12.9. The van der Waals surface area contributed by atoms with Crippen molar-refractivity contribution >= 4 is 30.6 Å². The van der Waals surface area contributed by atoms with Gasteiger partial charge in [0.25, 0.3) is 0 Å². The normalized spacial score (nSPS) is 14.2. The van der Waals surface area contributed by atoms with Crippen LogP contribution in [0.25, 0.3) is 0 Å². The number of nitrogens with one attached hydrogen (secondary N) is 1. The maximum atomic E-state index is 5.74. The minimum absolute atomic E-state index is 0. The van der Waals surface area contributed by atoms with E-state index in [1.54, 1.807) is 12.4 Å². The predicted molar refractivity (Wildman–Crippen MR) is 97.0 cm³/mol. The van der Waals surface area contributed by atoms with Crippen LogP contribution in [0.2, 0.25) is 0 Å². The van der Waals surface area contributed by atoms with Gasteiger partial charge in [0.2, 0.25) is 5.88 Å². The molecule has 7 heteroatoms. The summed E-state index contributed by atoms with van der Waals surface area (Å²) in [5, 5.41) is 3.39. The second-order valence-electron chi connectivity index (χ2n) is 5.08. The second kappa shape index (κ2) is 10.3. The third-order valence-corrected chi connectivity index (χ3v) is 3.49. The van der Waals surface area contributed by atoms with Crippen molar-refractivity contribution in [3.05, 3.63) is 48.3 Å². The third-order valence-electron chi connectivity index (χ3n) is 3.49. The van der Waals surface area contributed by atoms with E-state index in [-0.39, 0.29) is 24.8 Å². The zero-order chi connectivity index (χ0) is 14.3. The van der Waals surface area contributed by atoms with Gasteiger partial charge in [0.05, 0.1) is 12.4 Å². The van der Waals surface area contributed by atoms with Crippen LogP contribution in [0.3, 0.4) is 0 Å². The molecular formula is C16H22Cl2N4O. The minimum atomic E-state index is 0. The SMILES string of the molecule is Cl.Cl.c1ccc(COc2cncc(N3CCCNCC3)n2)cc1. The molecule has 23 heavy (non-hydrogen) atoms. The third kappa shape index (κ3) is 5.86. The number of anilines is 1. The lowest BCUT2D eigenvalue weighted by Crippen LogP contribution is -2.28. The highest BCUT2D eigenvalue weighted by Crippen LogP contribution is 2.16. The Balaban J connectivity index is 0.00000132. The van der Waals surface area contributed by atoms with E-state index in [1.165, 1.54) is 0 Å². The molecule has 1 N–H and O–H groups in total. The van der Waals surface area contributed by atoms with E-state index in [1.807, 2.05) is 30.3 Å². The van der Waals surface area contributed by atoms with Gasteiger partial charge in [-0.2, -0.15) is 4.98 Å². The molecule has 126 valence electrons. The van der Waals surface area contributed by atoms with Crippen molar-refractivity contribution < 1.29 is 4.74 Å². The number of hydrogen-bond donors (Lipinski definition) is 1. The molecule has 1 fully saturated rings.